The van der Waals surface area contributed by atoms with Gasteiger partial charge < -0.3 is 9.64 Å². The fraction of sp³-hybridized carbons (Fsp3) is 0.526. The highest BCUT2D eigenvalue weighted by atomic mass is 32.2. The number of rotatable bonds is 6. The number of tetrazole rings is 1. The third kappa shape index (κ3) is 5.31. The van der Waals surface area contributed by atoms with E-state index in [0.29, 0.717) is 5.16 Å². The molecule has 0 radical (unpaired) electrons. The molecule has 0 bridgehead atoms. The molecule has 1 fully saturated rings. The van der Waals surface area contributed by atoms with Crippen LogP contribution in [0, 0.1) is 13.8 Å². The number of carbonyl (C=O) groups excluding carboxylic acids is 2. The molecule has 1 saturated heterocycles. The molecule has 8 nitrogen and oxygen atoms in total. The zero-order valence-electron chi connectivity index (χ0n) is 16.3. The second kappa shape index (κ2) is 9.68. The minimum Gasteiger partial charge on any atom is -0.455 e. The monoisotopic (exact) mass is 403 g/mol. The average molecular weight is 404 g/mol. The van der Waals surface area contributed by atoms with Crippen molar-refractivity contribution in [2.24, 2.45) is 0 Å². The van der Waals surface area contributed by atoms with Crippen molar-refractivity contribution in [2.75, 3.05) is 25.4 Å². The van der Waals surface area contributed by atoms with E-state index in [9.17, 15) is 9.59 Å². The van der Waals surface area contributed by atoms with E-state index in [4.69, 9.17) is 4.74 Å². The number of likely N-dealkylation sites (tertiary alicyclic amines) is 1. The van der Waals surface area contributed by atoms with Gasteiger partial charge in [-0.3, -0.25) is 9.59 Å². The average Bonchev–Trinajstić information content (AvgIpc) is 2.98. The Morgan fingerprint density at radius 2 is 1.89 bits per heavy atom. The van der Waals surface area contributed by atoms with Gasteiger partial charge in [0.15, 0.2) is 6.61 Å². The lowest BCUT2D eigenvalue weighted by molar-refractivity contribution is -0.149. The van der Waals surface area contributed by atoms with Gasteiger partial charge in [0.2, 0.25) is 5.16 Å². The maximum absolute atomic E-state index is 12.2. The molecule has 2 heterocycles. The lowest BCUT2D eigenvalue weighted by Crippen LogP contribution is -2.35. The predicted molar refractivity (Wildman–Crippen MR) is 105 cm³/mol. The van der Waals surface area contributed by atoms with E-state index in [1.807, 2.05) is 32.0 Å². The maximum Gasteiger partial charge on any atom is 0.316 e. The van der Waals surface area contributed by atoms with Gasteiger partial charge in [-0.1, -0.05) is 36.7 Å². The molecule has 1 aromatic carbocycles. The van der Waals surface area contributed by atoms with Crippen LogP contribution in [0.5, 0.6) is 0 Å². The minimum absolute atomic E-state index is 0.0402. The van der Waals surface area contributed by atoms with Crippen molar-refractivity contribution in [3.63, 3.8) is 0 Å². The molecular weight excluding hydrogens is 378 g/mol. The Labute approximate surface area is 168 Å². The number of aryl methyl sites for hydroxylation is 2. The molecule has 0 N–H and O–H groups in total. The molecule has 2 aromatic rings. The minimum atomic E-state index is -0.455. The van der Waals surface area contributed by atoms with E-state index in [0.717, 1.165) is 55.6 Å². The predicted octanol–water partition coefficient (Wildman–Crippen LogP) is 2.32. The molecule has 150 valence electrons. The Morgan fingerprint density at radius 3 is 2.64 bits per heavy atom. The summed E-state index contributed by atoms with van der Waals surface area (Å²) in [5.41, 5.74) is 3.00. The number of nitrogens with zero attached hydrogens (tertiary/aromatic N) is 5. The standard InChI is InChI=1S/C19H25N5O3S/c1-14-7-8-15(2)16(11-14)24-19(20-21-22-24)28-13-18(26)27-12-17(25)23-9-5-3-4-6-10-23/h7-8,11H,3-6,9-10,12-13H2,1-2H3. The van der Waals surface area contributed by atoms with Crippen LogP contribution in [0.2, 0.25) is 0 Å². The third-order valence-corrected chi connectivity index (χ3v) is 5.56. The van der Waals surface area contributed by atoms with Crippen LogP contribution in [0.15, 0.2) is 23.4 Å². The van der Waals surface area contributed by atoms with Crippen LogP contribution in [-0.4, -0.2) is 62.4 Å². The zero-order chi connectivity index (χ0) is 19.9. The summed E-state index contributed by atoms with van der Waals surface area (Å²) in [6.07, 6.45) is 4.32. The summed E-state index contributed by atoms with van der Waals surface area (Å²) in [6.45, 7) is 5.26. The number of amides is 1. The second-order valence-electron chi connectivity index (χ2n) is 6.91. The van der Waals surface area contributed by atoms with E-state index in [-0.39, 0.29) is 18.3 Å². The van der Waals surface area contributed by atoms with Crippen molar-refractivity contribution in [1.82, 2.24) is 25.1 Å². The summed E-state index contributed by atoms with van der Waals surface area (Å²) < 4.78 is 6.77. The van der Waals surface area contributed by atoms with Crippen molar-refractivity contribution in [3.8, 4) is 5.69 Å². The largest absolute Gasteiger partial charge is 0.455 e. The molecule has 1 aliphatic heterocycles. The Hall–Kier alpha value is -2.42. The zero-order valence-corrected chi connectivity index (χ0v) is 17.1. The lowest BCUT2D eigenvalue weighted by atomic mass is 10.1. The van der Waals surface area contributed by atoms with Crippen molar-refractivity contribution in [3.05, 3.63) is 29.3 Å². The van der Waals surface area contributed by atoms with E-state index >= 15 is 0 Å². The topological polar surface area (TPSA) is 90.2 Å². The molecule has 28 heavy (non-hydrogen) atoms. The number of ether oxygens (including phenoxy) is 1. The van der Waals surface area contributed by atoms with Gasteiger partial charge in [-0.2, -0.15) is 4.68 Å². The van der Waals surface area contributed by atoms with Crippen LogP contribution in [0.25, 0.3) is 5.69 Å². The van der Waals surface area contributed by atoms with E-state index < -0.39 is 5.97 Å². The first-order valence-electron chi connectivity index (χ1n) is 9.47. The lowest BCUT2D eigenvalue weighted by Gasteiger charge is -2.19. The molecule has 0 aliphatic carbocycles. The van der Waals surface area contributed by atoms with Gasteiger partial charge in [0.1, 0.15) is 0 Å². The summed E-state index contributed by atoms with van der Waals surface area (Å²) in [5.74, 6) is -0.539. The highest BCUT2D eigenvalue weighted by Gasteiger charge is 2.18. The van der Waals surface area contributed by atoms with Gasteiger partial charge in [-0.05, 0) is 54.3 Å². The smallest absolute Gasteiger partial charge is 0.316 e. The van der Waals surface area contributed by atoms with Crippen LogP contribution in [0.1, 0.15) is 36.8 Å². The molecule has 1 aromatic heterocycles. The quantitative estimate of drug-likeness (QED) is 0.540. The molecule has 3 rings (SSSR count). The molecule has 1 aliphatic rings. The number of esters is 1. The highest BCUT2D eigenvalue weighted by Crippen LogP contribution is 2.21. The summed E-state index contributed by atoms with van der Waals surface area (Å²) in [5, 5.41) is 12.3. The van der Waals surface area contributed by atoms with Gasteiger partial charge in [0, 0.05) is 13.1 Å². The summed E-state index contributed by atoms with van der Waals surface area (Å²) in [6, 6.07) is 6.02. The first-order chi connectivity index (χ1) is 13.5. The molecule has 9 heteroatoms. The third-order valence-electron chi connectivity index (χ3n) is 4.67. The molecular formula is C19H25N5O3S. The fourth-order valence-corrected chi connectivity index (χ4v) is 3.77. The van der Waals surface area contributed by atoms with Crippen LogP contribution in [0.4, 0.5) is 0 Å². The first kappa shape index (κ1) is 20.3. The van der Waals surface area contributed by atoms with E-state index in [1.165, 1.54) is 11.8 Å². The van der Waals surface area contributed by atoms with Crippen molar-refractivity contribution >= 4 is 23.6 Å². The Morgan fingerprint density at radius 1 is 1.14 bits per heavy atom. The van der Waals surface area contributed by atoms with Crippen LogP contribution < -0.4 is 0 Å². The summed E-state index contributed by atoms with van der Waals surface area (Å²) >= 11 is 1.19. The van der Waals surface area contributed by atoms with Crippen LogP contribution in [-0.2, 0) is 14.3 Å². The van der Waals surface area contributed by atoms with Crippen LogP contribution in [0.3, 0.4) is 0 Å². The molecule has 0 saturated carbocycles. The first-order valence-corrected chi connectivity index (χ1v) is 10.5. The van der Waals surface area contributed by atoms with Crippen molar-refractivity contribution in [2.45, 2.75) is 44.7 Å². The van der Waals surface area contributed by atoms with Crippen molar-refractivity contribution < 1.29 is 14.3 Å². The Balaban J connectivity index is 1.52. The van der Waals surface area contributed by atoms with E-state index in [2.05, 4.69) is 15.5 Å². The number of hydrogen-bond acceptors (Lipinski definition) is 7. The van der Waals surface area contributed by atoms with E-state index in [1.54, 1.807) is 9.58 Å². The molecule has 1 amide bonds. The number of hydrogen-bond donors (Lipinski definition) is 0. The van der Waals surface area contributed by atoms with Gasteiger partial charge in [-0.15, -0.1) is 5.10 Å². The summed E-state index contributed by atoms with van der Waals surface area (Å²) in [4.78, 5) is 26.1. The van der Waals surface area contributed by atoms with Gasteiger partial charge in [0.25, 0.3) is 5.91 Å². The number of aromatic nitrogens is 4. The number of benzene rings is 1. The number of thioether (sulfide) groups is 1. The fourth-order valence-electron chi connectivity index (χ4n) is 3.09. The Kier molecular flexibility index (Phi) is 7.02. The highest BCUT2D eigenvalue weighted by molar-refractivity contribution is 7.99. The van der Waals surface area contributed by atoms with Gasteiger partial charge in [-0.25, -0.2) is 0 Å². The normalized spacial score (nSPS) is 14.6. The van der Waals surface area contributed by atoms with Crippen molar-refractivity contribution in [1.29, 1.82) is 0 Å². The summed E-state index contributed by atoms with van der Waals surface area (Å²) in [7, 11) is 0. The van der Waals surface area contributed by atoms with Gasteiger partial charge >= 0.3 is 5.97 Å². The van der Waals surface area contributed by atoms with Gasteiger partial charge in [0.05, 0.1) is 11.4 Å². The molecule has 0 spiro atoms. The second-order valence-corrected chi connectivity index (χ2v) is 7.85. The molecule has 0 atom stereocenters. The number of carbonyl (C=O) groups is 2. The SMILES string of the molecule is Cc1ccc(C)c(-n2nnnc2SCC(=O)OCC(=O)N2CCCCCC2)c1. The maximum atomic E-state index is 12.2. The van der Waals surface area contributed by atoms with Crippen LogP contribution >= 0.6 is 11.8 Å². The molecule has 0 unspecified atom stereocenters. The Bertz CT molecular complexity index is 831.